The molecule has 0 bridgehead atoms. The van der Waals surface area contributed by atoms with Crippen molar-refractivity contribution in [1.29, 1.82) is 5.26 Å². The lowest BCUT2D eigenvalue weighted by Gasteiger charge is -2.16. The first-order valence-corrected chi connectivity index (χ1v) is 7.37. The third-order valence-electron chi connectivity index (χ3n) is 3.86. The average molecular weight is 299 g/mol. The zero-order valence-electron chi connectivity index (χ0n) is 13.6. The molecule has 0 fully saturated rings. The first-order valence-electron chi connectivity index (χ1n) is 7.37. The van der Waals surface area contributed by atoms with E-state index in [2.05, 4.69) is 16.2 Å². The molecule has 2 heterocycles. The van der Waals surface area contributed by atoms with Gasteiger partial charge in [0.05, 0.1) is 18.2 Å². The maximum atomic E-state index is 12.1. The molecular formula is C16H21N5O. The fourth-order valence-electron chi connectivity index (χ4n) is 2.57. The lowest BCUT2D eigenvalue weighted by Crippen LogP contribution is -2.28. The van der Waals surface area contributed by atoms with Gasteiger partial charge in [-0.25, -0.2) is 9.50 Å². The summed E-state index contributed by atoms with van der Waals surface area (Å²) in [5.74, 6) is 0.0470. The molecule has 0 saturated carbocycles. The number of aromatic nitrogens is 3. The Morgan fingerprint density at radius 2 is 2.14 bits per heavy atom. The van der Waals surface area contributed by atoms with Crippen molar-refractivity contribution in [2.24, 2.45) is 0 Å². The van der Waals surface area contributed by atoms with E-state index >= 15 is 0 Å². The maximum absolute atomic E-state index is 12.1. The van der Waals surface area contributed by atoms with E-state index in [4.69, 9.17) is 5.26 Å². The van der Waals surface area contributed by atoms with Gasteiger partial charge in [0.25, 0.3) is 0 Å². The van der Waals surface area contributed by atoms with Crippen molar-refractivity contribution in [3.8, 4) is 6.07 Å². The van der Waals surface area contributed by atoms with Crippen molar-refractivity contribution in [3.05, 3.63) is 28.7 Å². The third-order valence-corrected chi connectivity index (χ3v) is 3.86. The van der Waals surface area contributed by atoms with Crippen LogP contribution in [0, 0.1) is 32.1 Å². The number of carbonyl (C=O) groups is 1. The average Bonchev–Trinajstić information content (AvgIpc) is 2.84. The van der Waals surface area contributed by atoms with Gasteiger partial charge < -0.3 is 4.90 Å². The number of hydrogen-bond donors (Lipinski definition) is 0. The predicted molar refractivity (Wildman–Crippen MR) is 83.4 cm³/mol. The second-order valence-electron chi connectivity index (χ2n) is 5.54. The lowest BCUT2D eigenvalue weighted by atomic mass is 10.1. The van der Waals surface area contributed by atoms with E-state index in [0.717, 1.165) is 28.3 Å². The monoisotopic (exact) mass is 299 g/mol. The highest BCUT2D eigenvalue weighted by molar-refractivity contribution is 5.76. The van der Waals surface area contributed by atoms with Gasteiger partial charge in [-0.2, -0.15) is 10.4 Å². The summed E-state index contributed by atoms with van der Waals surface area (Å²) in [6.45, 7) is 6.39. The SMILES string of the molecule is Cc1cc2nc(C)c(CCC(=O)N(C)CCC#N)c(C)n2n1. The van der Waals surface area contributed by atoms with Crippen LogP contribution in [0.4, 0.5) is 0 Å². The summed E-state index contributed by atoms with van der Waals surface area (Å²) >= 11 is 0. The number of nitriles is 1. The summed E-state index contributed by atoms with van der Waals surface area (Å²) in [5.41, 5.74) is 4.81. The minimum atomic E-state index is 0.0470. The van der Waals surface area contributed by atoms with Crippen LogP contribution in [0.25, 0.3) is 5.65 Å². The zero-order valence-corrected chi connectivity index (χ0v) is 13.6. The van der Waals surface area contributed by atoms with E-state index in [9.17, 15) is 4.79 Å². The van der Waals surface area contributed by atoms with Gasteiger partial charge in [-0.3, -0.25) is 4.79 Å². The zero-order chi connectivity index (χ0) is 16.3. The molecule has 0 spiro atoms. The number of carbonyl (C=O) groups excluding carboxylic acids is 1. The lowest BCUT2D eigenvalue weighted by molar-refractivity contribution is -0.129. The van der Waals surface area contributed by atoms with Crippen LogP contribution in [0.5, 0.6) is 0 Å². The predicted octanol–water partition coefficient (Wildman–Crippen LogP) is 1.96. The Bertz CT molecular complexity index is 741. The number of rotatable bonds is 5. The Morgan fingerprint density at radius 1 is 1.41 bits per heavy atom. The van der Waals surface area contributed by atoms with Crippen LogP contribution in [0.3, 0.4) is 0 Å². The van der Waals surface area contributed by atoms with Gasteiger partial charge in [0.1, 0.15) is 0 Å². The van der Waals surface area contributed by atoms with Gasteiger partial charge in [0.15, 0.2) is 5.65 Å². The largest absolute Gasteiger partial charge is 0.345 e. The second-order valence-corrected chi connectivity index (χ2v) is 5.54. The molecule has 0 N–H and O–H groups in total. The Labute approximate surface area is 130 Å². The molecule has 2 aromatic heterocycles. The van der Waals surface area contributed by atoms with Crippen molar-refractivity contribution in [1.82, 2.24) is 19.5 Å². The molecule has 2 rings (SSSR count). The van der Waals surface area contributed by atoms with E-state index < -0.39 is 0 Å². The Kier molecular flexibility index (Phi) is 4.76. The van der Waals surface area contributed by atoms with Crippen LogP contribution < -0.4 is 0 Å². The van der Waals surface area contributed by atoms with Crippen LogP contribution in [0.15, 0.2) is 6.07 Å². The smallest absolute Gasteiger partial charge is 0.222 e. The summed E-state index contributed by atoms with van der Waals surface area (Å²) in [4.78, 5) is 18.3. The summed E-state index contributed by atoms with van der Waals surface area (Å²) in [7, 11) is 1.73. The topological polar surface area (TPSA) is 74.3 Å². The highest BCUT2D eigenvalue weighted by Crippen LogP contribution is 2.17. The second kappa shape index (κ2) is 6.56. The standard InChI is InChI=1S/C16H21N5O/c1-11-10-15-18-12(2)14(13(3)21(15)19-11)6-7-16(22)20(4)9-5-8-17/h10H,5-7,9H2,1-4H3. The van der Waals surface area contributed by atoms with E-state index in [1.807, 2.05) is 31.4 Å². The molecule has 0 radical (unpaired) electrons. The van der Waals surface area contributed by atoms with Gasteiger partial charge in [-0.05, 0) is 32.8 Å². The third kappa shape index (κ3) is 3.25. The minimum absolute atomic E-state index is 0.0470. The van der Waals surface area contributed by atoms with Crippen molar-refractivity contribution >= 4 is 11.6 Å². The van der Waals surface area contributed by atoms with Crippen LogP contribution in [0.2, 0.25) is 0 Å². The summed E-state index contributed by atoms with van der Waals surface area (Å²) < 4.78 is 1.83. The Hall–Kier alpha value is -2.42. The molecule has 0 aromatic carbocycles. The molecule has 0 saturated heterocycles. The van der Waals surface area contributed by atoms with Crippen LogP contribution >= 0.6 is 0 Å². The number of nitrogens with zero attached hydrogens (tertiary/aromatic N) is 5. The number of aryl methyl sites for hydroxylation is 3. The fourth-order valence-corrected chi connectivity index (χ4v) is 2.57. The number of hydrogen-bond acceptors (Lipinski definition) is 4. The molecule has 1 amide bonds. The molecule has 2 aromatic rings. The van der Waals surface area contributed by atoms with E-state index in [1.54, 1.807) is 11.9 Å². The molecule has 6 nitrogen and oxygen atoms in total. The fraction of sp³-hybridized carbons (Fsp3) is 0.500. The summed E-state index contributed by atoms with van der Waals surface area (Å²) in [6, 6.07) is 4.00. The normalized spacial score (nSPS) is 10.7. The summed E-state index contributed by atoms with van der Waals surface area (Å²) in [5, 5.41) is 13.0. The van der Waals surface area contributed by atoms with E-state index in [-0.39, 0.29) is 5.91 Å². The maximum Gasteiger partial charge on any atom is 0.222 e. The van der Waals surface area contributed by atoms with E-state index in [0.29, 0.717) is 25.8 Å². The molecule has 0 atom stereocenters. The molecule has 0 aliphatic carbocycles. The quantitative estimate of drug-likeness (QED) is 0.846. The van der Waals surface area contributed by atoms with Gasteiger partial charge in [-0.1, -0.05) is 0 Å². The van der Waals surface area contributed by atoms with Crippen LogP contribution in [-0.4, -0.2) is 39.0 Å². The highest BCUT2D eigenvalue weighted by Gasteiger charge is 2.14. The molecule has 116 valence electrons. The van der Waals surface area contributed by atoms with Crippen molar-refractivity contribution < 1.29 is 4.79 Å². The van der Waals surface area contributed by atoms with Gasteiger partial charge in [-0.15, -0.1) is 0 Å². The van der Waals surface area contributed by atoms with E-state index in [1.165, 1.54) is 0 Å². The van der Waals surface area contributed by atoms with Gasteiger partial charge in [0.2, 0.25) is 5.91 Å². The Balaban J connectivity index is 2.15. The van der Waals surface area contributed by atoms with Crippen molar-refractivity contribution in [2.45, 2.75) is 40.0 Å². The van der Waals surface area contributed by atoms with Gasteiger partial charge in [0, 0.05) is 37.5 Å². The highest BCUT2D eigenvalue weighted by atomic mass is 16.2. The molecule has 0 aliphatic rings. The molecule has 0 unspecified atom stereocenters. The van der Waals surface area contributed by atoms with Crippen LogP contribution in [0.1, 0.15) is 35.5 Å². The minimum Gasteiger partial charge on any atom is -0.345 e. The number of amides is 1. The molecule has 22 heavy (non-hydrogen) atoms. The van der Waals surface area contributed by atoms with Crippen molar-refractivity contribution in [3.63, 3.8) is 0 Å². The molecule has 0 aliphatic heterocycles. The van der Waals surface area contributed by atoms with Gasteiger partial charge >= 0.3 is 0 Å². The summed E-state index contributed by atoms with van der Waals surface area (Å²) in [6.07, 6.45) is 1.41. The van der Waals surface area contributed by atoms with Crippen molar-refractivity contribution in [2.75, 3.05) is 13.6 Å². The molecular weight excluding hydrogens is 278 g/mol. The first-order chi connectivity index (χ1) is 10.4. The first kappa shape index (κ1) is 16.0. The Morgan fingerprint density at radius 3 is 2.82 bits per heavy atom. The molecule has 6 heteroatoms. The number of fused-ring (bicyclic) bond motifs is 1. The van der Waals surface area contributed by atoms with Crippen LogP contribution in [-0.2, 0) is 11.2 Å².